The number of benzene rings is 3. The average molecular weight is 466 g/mol. The molecule has 3 nitrogen and oxygen atoms in total. The van der Waals surface area contributed by atoms with Gasteiger partial charge in [0.15, 0.2) is 0 Å². The van der Waals surface area contributed by atoms with Gasteiger partial charge in [-0.3, -0.25) is 0 Å². The normalized spacial score (nSPS) is 10.6. The molecule has 0 saturated carbocycles. The average Bonchev–Trinajstić information content (AvgIpc) is 3.22. The van der Waals surface area contributed by atoms with Gasteiger partial charge in [-0.15, -0.1) is 11.3 Å². The first kappa shape index (κ1) is 19.6. The van der Waals surface area contributed by atoms with Gasteiger partial charge in [0.1, 0.15) is 11.5 Å². The van der Waals surface area contributed by atoms with Crippen LogP contribution >= 0.6 is 27.3 Å². The van der Waals surface area contributed by atoms with Crippen LogP contribution in [0.3, 0.4) is 0 Å². The highest BCUT2D eigenvalue weighted by Crippen LogP contribution is 2.38. The van der Waals surface area contributed by atoms with E-state index in [9.17, 15) is 0 Å². The summed E-state index contributed by atoms with van der Waals surface area (Å²) >= 11 is 5.27. The van der Waals surface area contributed by atoms with E-state index in [1.165, 1.54) is 10.4 Å². The molecule has 5 heteroatoms. The molecule has 0 bridgehead atoms. The van der Waals surface area contributed by atoms with Crippen LogP contribution in [-0.2, 0) is 0 Å². The van der Waals surface area contributed by atoms with E-state index in [1.807, 2.05) is 24.3 Å². The molecular weight excluding hydrogens is 446 g/mol. The van der Waals surface area contributed by atoms with Crippen molar-refractivity contribution < 1.29 is 9.47 Å². The zero-order valence-electron chi connectivity index (χ0n) is 16.1. The quantitative estimate of drug-likeness (QED) is 0.291. The third kappa shape index (κ3) is 4.31. The molecule has 0 radical (unpaired) electrons. The first-order valence-electron chi connectivity index (χ1n) is 9.12. The molecule has 29 heavy (non-hydrogen) atoms. The first-order valence-corrected chi connectivity index (χ1v) is 10.7. The second-order valence-corrected chi connectivity index (χ2v) is 8.85. The molecule has 4 aromatic rings. The Labute approximate surface area is 183 Å². The van der Waals surface area contributed by atoms with E-state index >= 15 is 0 Å². The lowest BCUT2D eigenvalue weighted by atomic mass is 10.1. The Morgan fingerprint density at radius 3 is 1.45 bits per heavy atom. The fourth-order valence-electron chi connectivity index (χ4n) is 3.15. The molecule has 0 spiro atoms. The lowest BCUT2D eigenvalue weighted by Gasteiger charge is -2.26. The summed E-state index contributed by atoms with van der Waals surface area (Å²) in [5, 5.41) is 0. The van der Waals surface area contributed by atoms with Gasteiger partial charge in [-0.2, -0.15) is 0 Å². The molecular formula is C24H20BrNO2S. The SMILES string of the molecule is COc1ccc(N(c2ccc(OC)cc2)c2ccc(-c3ccc(Br)s3)cc2)cc1. The lowest BCUT2D eigenvalue weighted by Crippen LogP contribution is -2.09. The molecule has 1 heterocycles. The summed E-state index contributed by atoms with van der Waals surface area (Å²) in [4.78, 5) is 3.45. The Morgan fingerprint density at radius 1 is 0.621 bits per heavy atom. The molecule has 0 aliphatic carbocycles. The monoisotopic (exact) mass is 465 g/mol. The lowest BCUT2D eigenvalue weighted by molar-refractivity contribution is 0.415. The maximum atomic E-state index is 5.32. The summed E-state index contributed by atoms with van der Waals surface area (Å²) in [6.45, 7) is 0. The molecule has 1 aromatic heterocycles. The summed E-state index contributed by atoms with van der Waals surface area (Å²) in [7, 11) is 3.36. The van der Waals surface area contributed by atoms with Gasteiger partial charge < -0.3 is 14.4 Å². The van der Waals surface area contributed by atoms with Crippen molar-refractivity contribution in [3.63, 3.8) is 0 Å². The van der Waals surface area contributed by atoms with Crippen LogP contribution in [0.4, 0.5) is 17.1 Å². The standard InChI is InChI=1S/C24H20BrNO2S/c1-27-21-11-7-19(8-12-21)26(20-9-13-22(28-2)14-10-20)18-5-3-17(4-6-18)23-15-16-24(25)29-23/h3-16H,1-2H3. The van der Waals surface area contributed by atoms with Crippen molar-refractivity contribution in [1.29, 1.82) is 0 Å². The number of rotatable bonds is 6. The van der Waals surface area contributed by atoms with E-state index in [-0.39, 0.29) is 0 Å². The van der Waals surface area contributed by atoms with E-state index in [4.69, 9.17) is 9.47 Å². The predicted molar refractivity (Wildman–Crippen MR) is 125 cm³/mol. The molecule has 146 valence electrons. The predicted octanol–water partition coefficient (Wildman–Crippen LogP) is 7.66. The molecule has 0 saturated heterocycles. The third-order valence-corrected chi connectivity index (χ3v) is 6.32. The molecule has 3 aromatic carbocycles. The summed E-state index contributed by atoms with van der Waals surface area (Å²) in [6, 6.07) is 29.0. The number of anilines is 3. The number of methoxy groups -OCH3 is 2. The van der Waals surface area contributed by atoms with Gasteiger partial charge >= 0.3 is 0 Å². The van der Waals surface area contributed by atoms with Gasteiger partial charge in [-0.1, -0.05) is 12.1 Å². The number of halogens is 1. The van der Waals surface area contributed by atoms with E-state index < -0.39 is 0 Å². The molecule has 4 rings (SSSR count). The highest BCUT2D eigenvalue weighted by Gasteiger charge is 2.13. The third-order valence-electron chi connectivity index (χ3n) is 4.64. The van der Waals surface area contributed by atoms with Crippen LogP contribution in [0.5, 0.6) is 11.5 Å². The highest BCUT2D eigenvalue weighted by atomic mass is 79.9. The van der Waals surface area contributed by atoms with Gasteiger partial charge in [0.25, 0.3) is 0 Å². The Balaban J connectivity index is 1.74. The van der Waals surface area contributed by atoms with Crippen molar-refractivity contribution in [3.8, 4) is 21.9 Å². The second kappa shape index (κ2) is 8.72. The Morgan fingerprint density at radius 2 is 1.07 bits per heavy atom. The van der Waals surface area contributed by atoms with Crippen LogP contribution < -0.4 is 14.4 Å². The zero-order valence-corrected chi connectivity index (χ0v) is 18.5. The maximum absolute atomic E-state index is 5.32. The highest BCUT2D eigenvalue weighted by molar-refractivity contribution is 9.11. The number of hydrogen-bond donors (Lipinski definition) is 0. The van der Waals surface area contributed by atoms with E-state index in [1.54, 1.807) is 25.6 Å². The Kier molecular flexibility index (Phi) is 5.88. The number of hydrogen-bond acceptors (Lipinski definition) is 4. The van der Waals surface area contributed by atoms with Crippen LogP contribution in [0.15, 0.2) is 88.7 Å². The maximum Gasteiger partial charge on any atom is 0.119 e. The Bertz CT molecular complexity index is 1030. The van der Waals surface area contributed by atoms with Crippen molar-refractivity contribution in [3.05, 3.63) is 88.7 Å². The van der Waals surface area contributed by atoms with Crippen molar-refractivity contribution in [2.24, 2.45) is 0 Å². The molecule has 0 amide bonds. The van der Waals surface area contributed by atoms with Crippen molar-refractivity contribution in [1.82, 2.24) is 0 Å². The van der Waals surface area contributed by atoms with Crippen molar-refractivity contribution in [2.45, 2.75) is 0 Å². The number of nitrogens with zero attached hydrogens (tertiary/aromatic N) is 1. The molecule has 0 aliphatic rings. The summed E-state index contributed by atoms with van der Waals surface area (Å²) < 4.78 is 11.8. The van der Waals surface area contributed by atoms with Gasteiger partial charge in [0.2, 0.25) is 0 Å². The molecule has 0 N–H and O–H groups in total. The van der Waals surface area contributed by atoms with E-state index in [0.29, 0.717) is 0 Å². The number of ether oxygens (including phenoxy) is 2. The Hall–Kier alpha value is -2.76. The topological polar surface area (TPSA) is 21.7 Å². The molecule has 0 aliphatic heterocycles. The summed E-state index contributed by atoms with van der Waals surface area (Å²) in [5.41, 5.74) is 4.40. The zero-order chi connectivity index (χ0) is 20.2. The smallest absolute Gasteiger partial charge is 0.119 e. The van der Waals surface area contributed by atoms with E-state index in [0.717, 1.165) is 32.3 Å². The first-order chi connectivity index (χ1) is 14.2. The van der Waals surface area contributed by atoms with Crippen LogP contribution in [-0.4, -0.2) is 14.2 Å². The molecule has 0 atom stereocenters. The van der Waals surface area contributed by atoms with Crippen molar-refractivity contribution in [2.75, 3.05) is 19.1 Å². The largest absolute Gasteiger partial charge is 0.497 e. The number of thiophene rings is 1. The van der Waals surface area contributed by atoms with E-state index in [2.05, 4.69) is 81.5 Å². The van der Waals surface area contributed by atoms with Crippen LogP contribution in [0.2, 0.25) is 0 Å². The van der Waals surface area contributed by atoms with Gasteiger partial charge in [0, 0.05) is 21.9 Å². The minimum Gasteiger partial charge on any atom is -0.497 e. The summed E-state index contributed by atoms with van der Waals surface area (Å²) in [6.07, 6.45) is 0. The van der Waals surface area contributed by atoms with Gasteiger partial charge in [-0.05, 0) is 94.3 Å². The van der Waals surface area contributed by atoms with Crippen molar-refractivity contribution >= 4 is 44.3 Å². The minimum absolute atomic E-state index is 0.835. The second-order valence-electron chi connectivity index (χ2n) is 6.38. The fraction of sp³-hybridized carbons (Fsp3) is 0.0833. The van der Waals surface area contributed by atoms with Gasteiger partial charge in [0.05, 0.1) is 18.0 Å². The van der Waals surface area contributed by atoms with Gasteiger partial charge in [-0.25, -0.2) is 0 Å². The minimum atomic E-state index is 0.835. The van der Waals surface area contributed by atoms with Crippen LogP contribution in [0, 0.1) is 0 Å². The summed E-state index contributed by atoms with van der Waals surface area (Å²) in [5.74, 6) is 1.67. The van der Waals surface area contributed by atoms with Crippen LogP contribution in [0.1, 0.15) is 0 Å². The van der Waals surface area contributed by atoms with Crippen LogP contribution in [0.25, 0.3) is 10.4 Å². The molecule has 0 unspecified atom stereocenters. The molecule has 0 fully saturated rings. The fourth-order valence-corrected chi connectivity index (χ4v) is 4.55.